The van der Waals surface area contributed by atoms with Gasteiger partial charge < -0.3 is 10.6 Å². The summed E-state index contributed by atoms with van der Waals surface area (Å²) in [6.45, 7) is 0. The summed E-state index contributed by atoms with van der Waals surface area (Å²) in [5, 5.41) is -0.211. The van der Waals surface area contributed by atoms with Crippen molar-refractivity contribution in [3.8, 4) is 0 Å². The number of carbonyl (C=O) groups excluding carboxylic acids is 2. The SMILES string of the molecule is O=C(Nc1cccc2c(=O)c3c(sc4c(=O)c5cccc(NC(=O)C(F)(F)F)c5c(=O)c43)c(=O)c12)C(F)(F)F. The summed E-state index contributed by atoms with van der Waals surface area (Å²) < 4.78 is 76.0. The number of fused-ring (bicyclic) bond motifs is 5. The lowest BCUT2D eigenvalue weighted by atomic mass is 10.00. The van der Waals surface area contributed by atoms with E-state index in [2.05, 4.69) is 0 Å². The molecule has 0 aliphatic heterocycles. The van der Waals surface area contributed by atoms with E-state index in [4.69, 9.17) is 0 Å². The van der Waals surface area contributed by atoms with Crippen LogP contribution in [0.2, 0.25) is 0 Å². The number of hydrogen-bond acceptors (Lipinski definition) is 7. The highest BCUT2D eigenvalue weighted by Crippen LogP contribution is 2.32. The van der Waals surface area contributed by atoms with Gasteiger partial charge in [0, 0.05) is 10.8 Å². The summed E-state index contributed by atoms with van der Waals surface area (Å²) >= 11 is 0.403. The lowest BCUT2D eigenvalue weighted by Crippen LogP contribution is -2.30. The third-order valence-corrected chi connectivity index (χ3v) is 7.05. The van der Waals surface area contributed by atoms with Gasteiger partial charge in [-0.1, -0.05) is 24.3 Å². The summed E-state index contributed by atoms with van der Waals surface area (Å²) in [5.41, 5.74) is -5.46. The molecule has 4 aromatic carbocycles. The number of halogens is 6. The van der Waals surface area contributed by atoms with Gasteiger partial charge in [0.2, 0.25) is 10.9 Å². The van der Waals surface area contributed by atoms with Crippen molar-refractivity contribution in [3.63, 3.8) is 0 Å². The predicted octanol–water partition coefficient (Wildman–Crippen LogP) is 3.68. The van der Waals surface area contributed by atoms with E-state index in [1.807, 2.05) is 0 Å². The van der Waals surface area contributed by atoms with E-state index in [0.29, 0.717) is 11.3 Å². The Balaban J connectivity index is 1.90. The zero-order valence-electron chi connectivity index (χ0n) is 18.6. The first-order valence-electron chi connectivity index (χ1n) is 10.5. The van der Waals surface area contributed by atoms with Crippen molar-refractivity contribution in [2.24, 2.45) is 0 Å². The number of hydrogen-bond donors (Lipinski definition) is 2. The monoisotopic (exact) mass is 566 g/mol. The van der Waals surface area contributed by atoms with Crippen molar-refractivity contribution in [1.82, 2.24) is 0 Å². The second-order valence-corrected chi connectivity index (χ2v) is 9.21. The van der Waals surface area contributed by atoms with Crippen LogP contribution in [0.15, 0.2) is 55.6 Å². The molecule has 0 saturated heterocycles. The highest BCUT2D eigenvalue weighted by atomic mass is 32.1. The Hall–Kier alpha value is -4.66. The summed E-state index contributed by atoms with van der Waals surface area (Å²) in [7, 11) is 0. The zero-order valence-corrected chi connectivity index (χ0v) is 19.4. The standard InChI is InChI=1S/C24H8F6N2O6S/c25-23(26,27)21(37)31-9-5-2-4-8-11(9)17(35)14-13-15(33)7-3-1-6-10(32-22(38)24(28,29)30)12(7)18(36)20(13)39-19(14)16(8)34/h1-6H,(H,31,37)(H,32,38). The lowest BCUT2D eigenvalue weighted by molar-refractivity contribution is -0.167. The van der Waals surface area contributed by atoms with Crippen LogP contribution in [0.5, 0.6) is 0 Å². The molecule has 39 heavy (non-hydrogen) atoms. The molecule has 0 atom stereocenters. The molecule has 2 N–H and O–H groups in total. The lowest BCUT2D eigenvalue weighted by Gasteiger charge is -2.10. The van der Waals surface area contributed by atoms with Crippen molar-refractivity contribution < 1.29 is 35.9 Å². The minimum atomic E-state index is -5.33. The molecule has 5 rings (SSSR count). The summed E-state index contributed by atoms with van der Waals surface area (Å²) in [6.07, 6.45) is -10.6. The molecule has 1 heterocycles. The number of thiophene rings is 1. The molecular formula is C24H8F6N2O6S. The maximum Gasteiger partial charge on any atom is 0.471 e. The van der Waals surface area contributed by atoms with Crippen molar-refractivity contribution in [2.45, 2.75) is 12.4 Å². The van der Waals surface area contributed by atoms with Gasteiger partial charge in [-0.2, -0.15) is 26.3 Å². The largest absolute Gasteiger partial charge is 0.471 e. The number of amides is 2. The average molecular weight is 566 g/mol. The molecule has 1 aromatic heterocycles. The Morgan fingerprint density at radius 1 is 0.564 bits per heavy atom. The van der Waals surface area contributed by atoms with Gasteiger partial charge in [-0.25, -0.2) is 0 Å². The fourth-order valence-electron chi connectivity index (χ4n) is 4.25. The maximum absolute atomic E-state index is 13.5. The highest BCUT2D eigenvalue weighted by molar-refractivity contribution is 7.25. The minimum Gasteiger partial charge on any atom is -0.318 e. The first kappa shape index (κ1) is 26.0. The first-order valence-corrected chi connectivity index (χ1v) is 11.3. The summed E-state index contributed by atoms with van der Waals surface area (Å²) in [6, 6.07) is 6.24. The number of alkyl halides is 6. The molecule has 0 bridgehead atoms. The number of nitrogens with one attached hydrogen (secondary N) is 2. The van der Waals surface area contributed by atoms with Crippen LogP contribution in [0.25, 0.3) is 41.7 Å². The molecule has 0 aliphatic carbocycles. The van der Waals surface area contributed by atoms with Crippen LogP contribution in [-0.4, -0.2) is 24.2 Å². The molecule has 2 amide bonds. The van der Waals surface area contributed by atoms with E-state index in [0.717, 1.165) is 36.4 Å². The van der Waals surface area contributed by atoms with E-state index >= 15 is 0 Å². The van der Waals surface area contributed by atoms with Gasteiger partial charge in [-0.05, 0) is 12.1 Å². The first-order chi connectivity index (χ1) is 18.1. The Bertz CT molecular complexity index is 2120. The number of anilines is 2. The second kappa shape index (κ2) is 8.42. The van der Waals surface area contributed by atoms with E-state index in [1.165, 1.54) is 10.6 Å². The Kier molecular flexibility index (Phi) is 5.61. The normalized spacial score (nSPS) is 12.5. The topological polar surface area (TPSA) is 126 Å². The van der Waals surface area contributed by atoms with Gasteiger partial charge in [-0.3, -0.25) is 28.8 Å². The number of rotatable bonds is 2. The van der Waals surface area contributed by atoms with Crippen molar-refractivity contribution in [3.05, 3.63) is 77.3 Å². The summed E-state index contributed by atoms with van der Waals surface area (Å²) in [4.78, 5) is 76.5. The van der Waals surface area contributed by atoms with Crippen LogP contribution >= 0.6 is 11.3 Å². The van der Waals surface area contributed by atoms with Crippen molar-refractivity contribution in [2.75, 3.05) is 10.6 Å². The minimum absolute atomic E-state index is 0.396. The van der Waals surface area contributed by atoms with Crippen LogP contribution in [0.4, 0.5) is 37.7 Å². The molecule has 0 saturated carbocycles. The molecule has 0 radical (unpaired) electrons. The molecule has 0 unspecified atom stereocenters. The van der Waals surface area contributed by atoms with Gasteiger partial charge in [0.15, 0.2) is 10.9 Å². The second-order valence-electron chi connectivity index (χ2n) is 8.19. The molecule has 0 aliphatic rings. The van der Waals surface area contributed by atoms with Crippen LogP contribution in [0, 0.1) is 0 Å². The molecule has 5 aromatic rings. The maximum atomic E-state index is 13.5. The zero-order chi connectivity index (χ0) is 28.6. The Morgan fingerprint density at radius 3 is 1.46 bits per heavy atom. The van der Waals surface area contributed by atoms with E-state index in [9.17, 15) is 55.1 Å². The van der Waals surface area contributed by atoms with Crippen LogP contribution in [-0.2, 0) is 9.59 Å². The van der Waals surface area contributed by atoms with E-state index in [-0.39, 0.29) is 0 Å². The Labute approximate surface area is 212 Å². The van der Waals surface area contributed by atoms with Crippen LogP contribution < -0.4 is 32.3 Å². The van der Waals surface area contributed by atoms with Crippen LogP contribution in [0.1, 0.15) is 0 Å². The van der Waals surface area contributed by atoms with Gasteiger partial charge >= 0.3 is 24.2 Å². The van der Waals surface area contributed by atoms with Crippen molar-refractivity contribution in [1.29, 1.82) is 0 Å². The molecule has 0 spiro atoms. The van der Waals surface area contributed by atoms with Gasteiger partial charge in [0.1, 0.15) is 0 Å². The van der Waals surface area contributed by atoms with Crippen molar-refractivity contribution >= 4 is 76.2 Å². The third-order valence-electron chi connectivity index (χ3n) is 5.86. The quantitative estimate of drug-likeness (QED) is 0.314. The summed E-state index contributed by atoms with van der Waals surface area (Å²) in [5.74, 6) is -4.84. The smallest absolute Gasteiger partial charge is 0.318 e. The average Bonchev–Trinajstić information content (AvgIpc) is 3.26. The highest BCUT2D eigenvalue weighted by Gasteiger charge is 2.40. The Morgan fingerprint density at radius 2 is 0.974 bits per heavy atom. The van der Waals surface area contributed by atoms with Gasteiger partial charge in [0.25, 0.3) is 0 Å². The number of benzene rings is 4. The van der Waals surface area contributed by atoms with Gasteiger partial charge in [0.05, 0.1) is 42.3 Å². The van der Waals surface area contributed by atoms with E-state index in [1.54, 1.807) is 0 Å². The van der Waals surface area contributed by atoms with E-state index < -0.39 is 99.0 Å². The molecule has 15 heteroatoms. The molecule has 0 fully saturated rings. The number of carbonyl (C=O) groups is 2. The fourth-order valence-corrected chi connectivity index (χ4v) is 5.44. The molecule has 8 nitrogen and oxygen atoms in total. The van der Waals surface area contributed by atoms with Crippen LogP contribution in [0.3, 0.4) is 0 Å². The molecule has 198 valence electrons. The molecular weight excluding hydrogens is 558 g/mol. The fraction of sp³-hybridized carbons (Fsp3) is 0.0833. The third kappa shape index (κ3) is 3.93. The van der Waals surface area contributed by atoms with Gasteiger partial charge in [-0.15, -0.1) is 11.3 Å². The predicted molar refractivity (Wildman–Crippen MR) is 131 cm³/mol.